The van der Waals surface area contributed by atoms with Crippen LogP contribution in [0.1, 0.15) is 213 Å². The van der Waals surface area contributed by atoms with E-state index in [9.17, 15) is 34.5 Å². The monoisotopic (exact) mass is 1130 g/mol. The molecule has 0 aromatic carbocycles. The summed E-state index contributed by atoms with van der Waals surface area (Å²) in [5, 5.41) is 31.6. The van der Waals surface area contributed by atoms with Crippen molar-refractivity contribution in [2.75, 3.05) is 13.2 Å². The van der Waals surface area contributed by atoms with Crippen molar-refractivity contribution in [3.8, 4) is 0 Å². The summed E-state index contributed by atoms with van der Waals surface area (Å²) in [6.07, 6.45) is 66.6. The van der Waals surface area contributed by atoms with Crippen LogP contribution in [0.4, 0.5) is 0 Å². The molecule has 1 rings (SSSR count). The lowest BCUT2D eigenvalue weighted by Gasteiger charge is -2.40. The van der Waals surface area contributed by atoms with Gasteiger partial charge in [0.15, 0.2) is 24.6 Å². The van der Waals surface area contributed by atoms with Crippen molar-refractivity contribution in [2.24, 2.45) is 0 Å². The van der Waals surface area contributed by atoms with Crippen molar-refractivity contribution in [1.29, 1.82) is 0 Å². The molecule has 81 heavy (non-hydrogen) atoms. The molecule has 12 nitrogen and oxygen atoms in total. The summed E-state index contributed by atoms with van der Waals surface area (Å²) in [4.78, 5) is 51.2. The molecule has 6 unspecified atom stereocenters. The number of aliphatic carboxylic acids is 1. The smallest absolute Gasteiger partial charge is 0.335 e. The minimum absolute atomic E-state index is 0.0279. The molecule has 1 fully saturated rings. The number of carbonyl (C=O) groups excluding carboxylic acids is 3. The van der Waals surface area contributed by atoms with Gasteiger partial charge in [0.25, 0.3) is 0 Å². The Labute approximate surface area is 489 Å². The molecule has 0 spiro atoms. The highest BCUT2D eigenvalue weighted by Gasteiger charge is 2.50. The molecule has 1 aliphatic heterocycles. The summed E-state index contributed by atoms with van der Waals surface area (Å²) < 4.78 is 28.4. The van der Waals surface area contributed by atoms with Crippen molar-refractivity contribution in [2.45, 2.75) is 250 Å². The van der Waals surface area contributed by atoms with Crippen LogP contribution >= 0.6 is 0 Å². The average molecular weight is 1130 g/mol. The highest BCUT2D eigenvalue weighted by Crippen LogP contribution is 2.26. The molecule has 1 saturated heterocycles. The predicted molar refractivity (Wildman–Crippen MR) is 330 cm³/mol. The van der Waals surface area contributed by atoms with Crippen LogP contribution in [0.3, 0.4) is 0 Å². The zero-order valence-corrected chi connectivity index (χ0v) is 50.0. The van der Waals surface area contributed by atoms with Gasteiger partial charge in [0.2, 0.25) is 0 Å². The molecule has 1 heterocycles. The van der Waals surface area contributed by atoms with Crippen LogP contribution in [-0.2, 0) is 42.9 Å². The number of ether oxygens (including phenoxy) is 5. The van der Waals surface area contributed by atoms with Crippen molar-refractivity contribution < 1.29 is 58.2 Å². The number of allylic oxidation sites excluding steroid dienone is 24. The Morgan fingerprint density at radius 3 is 1.15 bits per heavy atom. The molecule has 0 aliphatic carbocycles. The number of unbranched alkanes of at least 4 members (excludes halogenated alkanes) is 12. The largest absolute Gasteiger partial charge is 0.479 e. The Morgan fingerprint density at radius 1 is 0.407 bits per heavy atom. The third kappa shape index (κ3) is 44.9. The minimum atomic E-state index is -1.93. The Morgan fingerprint density at radius 2 is 0.741 bits per heavy atom. The molecular weight excluding hydrogens is 1020 g/mol. The van der Waals surface area contributed by atoms with Crippen LogP contribution in [0.25, 0.3) is 0 Å². The molecule has 0 aromatic rings. The van der Waals surface area contributed by atoms with Crippen LogP contribution in [0, 0.1) is 0 Å². The van der Waals surface area contributed by atoms with E-state index in [1.165, 1.54) is 0 Å². The third-order valence-electron chi connectivity index (χ3n) is 12.9. The maximum Gasteiger partial charge on any atom is 0.335 e. The summed E-state index contributed by atoms with van der Waals surface area (Å²) in [5.74, 6) is -3.25. The first kappa shape index (κ1) is 73.6. The molecule has 0 aromatic heterocycles. The SMILES string of the molecule is CC/C=C\C/C=C\C/C=C\C/C=C\CCCCCCCCC(=O)OC1C(OCC(COC(=O)CCCCCC/C=C\C/C=C\C/C=C\C/C=C\CC)OC(=O)CCCC/C=C\C/C=C\C/C=C\C/C=C\CC)OC(C(=O)O)C(O)C1O. The Bertz CT molecular complexity index is 1960. The number of hydrogen-bond donors (Lipinski definition) is 3. The molecule has 0 saturated carbocycles. The van der Waals surface area contributed by atoms with E-state index in [-0.39, 0.29) is 25.9 Å². The molecule has 454 valence electrons. The summed E-state index contributed by atoms with van der Waals surface area (Å²) in [5.41, 5.74) is 0. The first-order chi connectivity index (χ1) is 39.6. The first-order valence-corrected chi connectivity index (χ1v) is 30.8. The van der Waals surface area contributed by atoms with Crippen molar-refractivity contribution >= 4 is 23.9 Å². The van der Waals surface area contributed by atoms with E-state index in [0.29, 0.717) is 19.3 Å². The van der Waals surface area contributed by atoms with Gasteiger partial charge in [0, 0.05) is 19.3 Å². The first-order valence-electron chi connectivity index (χ1n) is 30.8. The fourth-order valence-corrected chi connectivity index (χ4v) is 8.28. The molecule has 0 bridgehead atoms. The molecule has 6 atom stereocenters. The quantitative estimate of drug-likeness (QED) is 0.0228. The molecular formula is C69H106O12. The van der Waals surface area contributed by atoms with Crippen LogP contribution in [0.15, 0.2) is 146 Å². The van der Waals surface area contributed by atoms with Gasteiger partial charge in [-0.3, -0.25) is 14.4 Å². The van der Waals surface area contributed by atoms with Crippen LogP contribution < -0.4 is 0 Å². The normalized spacial score (nSPS) is 18.8. The zero-order chi connectivity index (χ0) is 58.9. The van der Waals surface area contributed by atoms with Crippen molar-refractivity contribution in [3.05, 3.63) is 146 Å². The van der Waals surface area contributed by atoms with Gasteiger partial charge < -0.3 is 39.0 Å². The van der Waals surface area contributed by atoms with Gasteiger partial charge in [-0.25, -0.2) is 4.79 Å². The highest BCUT2D eigenvalue weighted by molar-refractivity contribution is 5.74. The van der Waals surface area contributed by atoms with Crippen LogP contribution in [-0.4, -0.2) is 89.2 Å². The lowest BCUT2D eigenvalue weighted by molar-refractivity contribution is -0.301. The van der Waals surface area contributed by atoms with E-state index in [1.54, 1.807) is 0 Å². The number of carbonyl (C=O) groups is 4. The van der Waals surface area contributed by atoms with E-state index in [0.717, 1.165) is 154 Å². The number of rotatable bonds is 50. The van der Waals surface area contributed by atoms with E-state index < -0.39 is 67.3 Å². The number of esters is 3. The molecule has 0 amide bonds. The standard InChI is InChI=1S/C69H106O12/c1-4-7-10-13-16-19-22-25-28-30-31-33-36-39-42-45-48-51-54-57-63(72)80-67-65(74)64(73)66(68(75)76)81-69(67)78-59-60(79-62(71)56-53-50-47-44-41-38-34-27-24-21-18-15-12-9-6-3)58-77-61(70)55-52-49-46-43-40-37-35-32-29-26-23-20-17-14-11-8-5-2/h7-12,16-21,25-29,31,33-35,37,41,44,60,64-67,69,73-74H,4-6,13-15,22-24,30,32,36,38-40,42-43,45-59H2,1-3H3,(H,75,76)/b10-7-,11-8-,12-9-,19-16-,20-17-,21-18-,28-25-,29-26-,33-31-,34-27-,37-35-,44-41-. The van der Waals surface area contributed by atoms with Crippen LogP contribution in [0.2, 0.25) is 0 Å². The van der Waals surface area contributed by atoms with E-state index in [1.807, 2.05) is 0 Å². The minimum Gasteiger partial charge on any atom is -0.479 e. The lowest BCUT2D eigenvalue weighted by Crippen LogP contribution is -2.61. The number of hydrogen-bond acceptors (Lipinski definition) is 11. The number of carboxylic acid groups (broad SMARTS) is 1. The number of aliphatic hydroxyl groups excluding tert-OH is 2. The highest BCUT2D eigenvalue weighted by atomic mass is 16.7. The molecule has 0 radical (unpaired) electrons. The van der Waals surface area contributed by atoms with Crippen molar-refractivity contribution in [1.82, 2.24) is 0 Å². The van der Waals surface area contributed by atoms with Crippen molar-refractivity contribution in [3.63, 3.8) is 0 Å². The fourth-order valence-electron chi connectivity index (χ4n) is 8.28. The summed E-state index contributed by atoms with van der Waals surface area (Å²) in [6.45, 7) is 5.58. The molecule has 12 heteroatoms. The van der Waals surface area contributed by atoms with Gasteiger partial charge >= 0.3 is 23.9 Å². The predicted octanol–water partition coefficient (Wildman–Crippen LogP) is 16.3. The van der Waals surface area contributed by atoms with Gasteiger partial charge in [0.1, 0.15) is 18.8 Å². The number of aliphatic hydroxyl groups is 2. The van der Waals surface area contributed by atoms with Gasteiger partial charge in [0.05, 0.1) is 6.61 Å². The Kier molecular flexibility index (Phi) is 50.1. The van der Waals surface area contributed by atoms with Gasteiger partial charge in [-0.15, -0.1) is 0 Å². The van der Waals surface area contributed by atoms with Gasteiger partial charge in [-0.05, 0) is 135 Å². The summed E-state index contributed by atoms with van der Waals surface area (Å²) in [7, 11) is 0. The zero-order valence-electron chi connectivity index (χ0n) is 50.0. The maximum absolute atomic E-state index is 13.2. The van der Waals surface area contributed by atoms with Crippen LogP contribution in [0.5, 0.6) is 0 Å². The molecule has 1 aliphatic rings. The Hall–Kier alpha value is -5.40. The fraction of sp³-hybridized carbons (Fsp3) is 0.594. The molecule has 3 N–H and O–H groups in total. The van der Waals surface area contributed by atoms with E-state index in [2.05, 4.69) is 167 Å². The Balaban J connectivity index is 2.73. The van der Waals surface area contributed by atoms with Gasteiger partial charge in [-0.2, -0.15) is 0 Å². The topological polar surface area (TPSA) is 175 Å². The lowest BCUT2D eigenvalue weighted by atomic mass is 9.98. The second kappa shape index (κ2) is 55.2. The second-order valence-electron chi connectivity index (χ2n) is 20.2. The number of carboxylic acids is 1. The average Bonchev–Trinajstić information content (AvgIpc) is 3.54. The second-order valence-corrected chi connectivity index (χ2v) is 20.2. The third-order valence-corrected chi connectivity index (χ3v) is 12.9. The summed E-state index contributed by atoms with van der Waals surface area (Å²) >= 11 is 0. The summed E-state index contributed by atoms with van der Waals surface area (Å²) in [6, 6.07) is 0. The maximum atomic E-state index is 13.2. The van der Waals surface area contributed by atoms with Gasteiger partial charge in [-0.1, -0.05) is 205 Å². The van der Waals surface area contributed by atoms with E-state index >= 15 is 0 Å². The van der Waals surface area contributed by atoms with E-state index in [4.69, 9.17) is 23.7 Å².